The van der Waals surface area contributed by atoms with Crippen molar-refractivity contribution in [3.8, 4) is 11.8 Å². The highest BCUT2D eigenvalue weighted by atomic mass is 32.2. The number of aliphatic hydroxyl groups is 1. The molecule has 4 nitrogen and oxygen atoms in total. The summed E-state index contributed by atoms with van der Waals surface area (Å²) in [6, 6.07) is 3.66. The van der Waals surface area contributed by atoms with E-state index in [2.05, 4.69) is 16.6 Å². The molecule has 0 radical (unpaired) electrons. The van der Waals surface area contributed by atoms with Gasteiger partial charge in [0.15, 0.2) is 0 Å². The van der Waals surface area contributed by atoms with Crippen molar-refractivity contribution in [3.63, 3.8) is 0 Å². The first kappa shape index (κ1) is 15.2. The maximum atomic E-state index is 11.6. The summed E-state index contributed by atoms with van der Waals surface area (Å²) < 4.78 is 25.7. The Bertz CT molecular complexity index is 523. The van der Waals surface area contributed by atoms with E-state index < -0.39 is 10.0 Å². The van der Waals surface area contributed by atoms with Gasteiger partial charge in [-0.15, -0.1) is 11.3 Å². The van der Waals surface area contributed by atoms with Crippen LogP contribution in [0.25, 0.3) is 0 Å². The molecule has 2 N–H and O–H groups in total. The molecule has 0 aliphatic rings. The molecule has 1 heterocycles. The van der Waals surface area contributed by atoms with Crippen molar-refractivity contribution < 1.29 is 13.5 Å². The molecule has 0 atom stereocenters. The van der Waals surface area contributed by atoms with Crippen LogP contribution < -0.4 is 4.72 Å². The maximum Gasteiger partial charge on any atom is 0.211 e. The number of aliphatic hydroxyl groups excluding tert-OH is 1. The fourth-order valence-electron chi connectivity index (χ4n) is 1.25. The van der Waals surface area contributed by atoms with Crippen molar-refractivity contribution in [2.45, 2.75) is 26.3 Å². The van der Waals surface area contributed by atoms with Gasteiger partial charge in [-0.25, -0.2) is 13.1 Å². The Morgan fingerprint density at radius 2 is 2.22 bits per heavy atom. The largest absolute Gasteiger partial charge is 0.384 e. The monoisotopic (exact) mass is 287 g/mol. The molecule has 0 unspecified atom stereocenters. The van der Waals surface area contributed by atoms with Crippen LogP contribution >= 0.6 is 11.3 Å². The molecule has 0 amide bonds. The molecule has 0 saturated heterocycles. The van der Waals surface area contributed by atoms with E-state index in [-0.39, 0.29) is 12.4 Å². The van der Waals surface area contributed by atoms with Crippen molar-refractivity contribution in [2.24, 2.45) is 0 Å². The number of sulfonamides is 1. The van der Waals surface area contributed by atoms with Gasteiger partial charge in [0.05, 0.1) is 10.6 Å². The van der Waals surface area contributed by atoms with E-state index in [0.717, 1.165) is 16.2 Å². The van der Waals surface area contributed by atoms with Gasteiger partial charge >= 0.3 is 0 Å². The van der Waals surface area contributed by atoms with Gasteiger partial charge in [-0.1, -0.05) is 25.2 Å². The van der Waals surface area contributed by atoms with Gasteiger partial charge in [0, 0.05) is 11.4 Å². The molecule has 1 aromatic rings. The van der Waals surface area contributed by atoms with Crippen molar-refractivity contribution in [1.82, 2.24) is 4.72 Å². The zero-order valence-electron chi connectivity index (χ0n) is 10.3. The van der Waals surface area contributed by atoms with Crippen LogP contribution in [0.15, 0.2) is 12.1 Å². The third-order valence-electron chi connectivity index (χ3n) is 2.19. The quantitative estimate of drug-likeness (QED) is 0.775. The molecular formula is C12H17NO3S2. The molecule has 0 aliphatic heterocycles. The number of thiophene rings is 1. The van der Waals surface area contributed by atoms with E-state index in [1.807, 2.05) is 19.1 Å². The lowest BCUT2D eigenvalue weighted by Gasteiger charge is -2.03. The summed E-state index contributed by atoms with van der Waals surface area (Å²) in [6.45, 7) is 2.09. The third-order valence-corrected chi connectivity index (χ3v) is 4.60. The maximum absolute atomic E-state index is 11.6. The Hall–Kier alpha value is -0.870. The molecule has 0 bridgehead atoms. The number of unbranched alkanes of at least 4 members (excludes halogenated alkanes) is 1. The van der Waals surface area contributed by atoms with Gasteiger partial charge in [0.25, 0.3) is 0 Å². The lowest BCUT2D eigenvalue weighted by molar-refractivity contribution is 0.350. The number of nitrogens with one attached hydrogen (secondary N) is 1. The Kier molecular flexibility index (Phi) is 6.36. The van der Waals surface area contributed by atoms with Crippen LogP contribution in [0, 0.1) is 11.8 Å². The normalized spacial score (nSPS) is 11.0. The minimum Gasteiger partial charge on any atom is -0.384 e. The number of rotatable bonds is 6. The highest BCUT2D eigenvalue weighted by molar-refractivity contribution is 7.89. The molecule has 0 spiro atoms. The molecule has 1 aromatic heterocycles. The first-order chi connectivity index (χ1) is 8.57. The van der Waals surface area contributed by atoms with Crippen molar-refractivity contribution >= 4 is 21.4 Å². The van der Waals surface area contributed by atoms with Gasteiger partial charge in [0.2, 0.25) is 10.0 Å². The Morgan fingerprint density at radius 1 is 1.44 bits per heavy atom. The zero-order chi connectivity index (χ0) is 13.4. The van der Waals surface area contributed by atoms with Crippen molar-refractivity contribution in [2.75, 3.05) is 12.4 Å². The zero-order valence-corrected chi connectivity index (χ0v) is 11.9. The van der Waals surface area contributed by atoms with Crippen LogP contribution in [-0.2, 0) is 16.6 Å². The minimum atomic E-state index is -3.17. The summed E-state index contributed by atoms with van der Waals surface area (Å²) >= 11 is 1.43. The van der Waals surface area contributed by atoms with Gasteiger partial charge in [0.1, 0.15) is 6.61 Å². The average Bonchev–Trinajstić information content (AvgIpc) is 2.80. The van der Waals surface area contributed by atoms with Crippen LogP contribution in [0.2, 0.25) is 0 Å². The SMILES string of the molecule is CCCCS(=O)(=O)NCc1ccc(C#CCO)s1. The van der Waals surface area contributed by atoms with E-state index in [0.29, 0.717) is 13.0 Å². The van der Waals surface area contributed by atoms with Crippen molar-refractivity contribution in [1.29, 1.82) is 0 Å². The molecule has 0 aromatic carbocycles. The standard InChI is InChI=1S/C12H17NO3S2/c1-2-3-9-18(15,16)13-10-12-7-6-11(17-12)5-4-8-14/h6-7,13-14H,2-3,8-10H2,1H3. The Balaban J connectivity index is 2.51. The fourth-order valence-corrected chi connectivity index (χ4v) is 3.36. The third kappa shape index (κ3) is 5.65. The molecule has 100 valence electrons. The highest BCUT2D eigenvalue weighted by Crippen LogP contribution is 2.15. The first-order valence-corrected chi connectivity index (χ1v) is 8.20. The second-order valence-electron chi connectivity index (χ2n) is 3.72. The summed E-state index contributed by atoms with van der Waals surface area (Å²) in [4.78, 5) is 1.74. The van der Waals surface area contributed by atoms with E-state index >= 15 is 0 Å². The van der Waals surface area contributed by atoms with Gasteiger partial charge in [-0.2, -0.15) is 0 Å². The van der Waals surface area contributed by atoms with Gasteiger partial charge in [-0.3, -0.25) is 0 Å². The lowest BCUT2D eigenvalue weighted by atomic mass is 10.4. The lowest BCUT2D eigenvalue weighted by Crippen LogP contribution is -2.25. The predicted octanol–water partition coefficient (Wildman–Crippen LogP) is 1.31. The van der Waals surface area contributed by atoms with Crippen LogP contribution in [-0.4, -0.2) is 25.9 Å². The van der Waals surface area contributed by atoms with Crippen molar-refractivity contribution in [3.05, 3.63) is 21.9 Å². The van der Waals surface area contributed by atoms with E-state index in [1.54, 1.807) is 0 Å². The molecule has 1 rings (SSSR count). The molecule has 18 heavy (non-hydrogen) atoms. The van der Waals surface area contributed by atoms with Gasteiger partial charge in [-0.05, 0) is 18.6 Å². The summed E-state index contributed by atoms with van der Waals surface area (Å²) in [5.74, 6) is 5.52. The molecule has 0 saturated carbocycles. The smallest absolute Gasteiger partial charge is 0.211 e. The first-order valence-electron chi connectivity index (χ1n) is 5.73. The second kappa shape index (κ2) is 7.54. The summed E-state index contributed by atoms with van der Waals surface area (Å²) in [5, 5.41) is 8.57. The van der Waals surface area contributed by atoms with Crippen LogP contribution in [0.1, 0.15) is 29.5 Å². The summed E-state index contributed by atoms with van der Waals surface area (Å²) in [6.07, 6.45) is 1.54. The minimum absolute atomic E-state index is 0.170. The van der Waals surface area contributed by atoms with E-state index in [1.165, 1.54) is 11.3 Å². The molecule has 0 fully saturated rings. The topological polar surface area (TPSA) is 66.4 Å². The van der Waals surface area contributed by atoms with E-state index in [4.69, 9.17) is 5.11 Å². The Morgan fingerprint density at radius 3 is 2.89 bits per heavy atom. The van der Waals surface area contributed by atoms with Crippen LogP contribution in [0.4, 0.5) is 0 Å². The predicted molar refractivity (Wildman–Crippen MR) is 73.8 cm³/mol. The molecule has 6 heteroatoms. The number of hydrogen-bond donors (Lipinski definition) is 2. The van der Waals surface area contributed by atoms with E-state index in [9.17, 15) is 8.42 Å². The van der Waals surface area contributed by atoms with Crippen LogP contribution in [0.3, 0.4) is 0 Å². The van der Waals surface area contributed by atoms with Crippen LogP contribution in [0.5, 0.6) is 0 Å². The molecule has 0 aliphatic carbocycles. The second-order valence-corrected chi connectivity index (χ2v) is 6.81. The number of hydrogen-bond acceptors (Lipinski definition) is 4. The fraction of sp³-hybridized carbons (Fsp3) is 0.500. The highest BCUT2D eigenvalue weighted by Gasteiger charge is 2.09. The summed E-state index contributed by atoms with van der Waals surface area (Å²) in [5.41, 5.74) is 0. The molecular weight excluding hydrogens is 270 g/mol. The van der Waals surface area contributed by atoms with Gasteiger partial charge < -0.3 is 5.11 Å². The summed E-state index contributed by atoms with van der Waals surface area (Å²) in [7, 11) is -3.17. The average molecular weight is 287 g/mol. The Labute approximate surface area is 112 Å².